The van der Waals surface area contributed by atoms with E-state index in [0.717, 1.165) is 43.1 Å². The predicted octanol–water partition coefficient (Wildman–Crippen LogP) is 3.58. The van der Waals surface area contributed by atoms with E-state index < -0.39 is 4.92 Å². The van der Waals surface area contributed by atoms with Crippen LogP contribution in [-0.2, 0) is 0 Å². The summed E-state index contributed by atoms with van der Waals surface area (Å²) in [5, 5.41) is 20.6. The minimum atomic E-state index is -0.541. The number of anilines is 1. The summed E-state index contributed by atoms with van der Waals surface area (Å²) in [5.74, 6) is 1.74. The lowest BCUT2D eigenvalue weighted by molar-refractivity contribution is -0.385. The van der Waals surface area contributed by atoms with Crippen LogP contribution < -0.4 is 4.90 Å². The van der Waals surface area contributed by atoms with Gasteiger partial charge in [-0.25, -0.2) is 0 Å². The topological polar surface area (TPSA) is 66.6 Å². The fourth-order valence-corrected chi connectivity index (χ4v) is 3.47. The van der Waals surface area contributed by atoms with Crippen molar-refractivity contribution in [1.82, 2.24) is 0 Å². The Bertz CT molecular complexity index is 514. The van der Waals surface area contributed by atoms with Crippen LogP contribution in [0, 0.1) is 23.0 Å². The number of phenolic OH excluding ortho intramolecular Hbond substituents is 1. The summed E-state index contributed by atoms with van der Waals surface area (Å²) in [6, 6.07) is 3.00. The minimum absolute atomic E-state index is 0.217. The monoisotopic (exact) mass is 310 g/mol. The number of hydrogen-bond donors (Lipinski definition) is 1. The molecule has 2 rings (SSSR count). The van der Waals surface area contributed by atoms with E-state index in [1.165, 1.54) is 24.3 Å². The molecule has 0 saturated carbocycles. The molecule has 5 nitrogen and oxygen atoms in total. The quantitative estimate of drug-likeness (QED) is 0.665. The van der Waals surface area contributed by atoms with E-state index in [-0.39, 0.29) is 11.4 Å². The zero-order chi connectivity index (χ0) is 15.4. The molecule has 1 aliphatic heterocycles. The highest BCUT2D eigenvalue weighted by Crippen LogP contribution is 2.35. The summed E-state index contributed by atoms with van der Waals surface area (Å²) in [4.78, 5) is 12.5. The lowest BCUT2D eigenvalue weighted by Crippen LogP contribution is -2.34. The number of piperidine rings is 1. The van der Waals surface area contributed by atoms with E-state index in [0.29, 0.717) is 0 Å². The van der Waals surface area contributed by atoms with E-state index in [4.69, 9.17) is 0 Å². The van der Waals surface area contributed by atoms with Crippen molar-refractivity contribution in [1.29, 1.82) is 0 Å². The van der Waals surface area contributed by atoms with Gasteiger partial charge in [-0.2, -0.15) is 11.8 Å². The Kier molecular flexibility index (Phi) is 5.33. The third-order valence-corrected chi connectivity index (χ3v) is 4.82. The predicted molar refractivity (Wildman–Crippen MR) is 87.4 cm³/mol. The Morgan fingerprint density at radius 3 is 2.67 bits per heavy atom. The highest BCUT2D eigenvalue weighted by molar-refractivity contribution is 7.98. The second-order valence-electron chi connectivity index (χ2n) is 5.60. The van der Waals surface area contributed by atoms with Crippen LogP contribution in [0.4, 0.5) is 11.4 Å². The van der Waals surface area contributed by atoms with Crippen molar-refractivity contribution in [3.05, 3.63) is 27.8 Å². The highest BCUT2D eigenvalue weighted by atomic mass is 32.2. The van der Waals surface area contributed by atoms with Gasteiger partial charge < -0.3 is 10.0 Å². The summed E-state index contributed by atoms with van der Waals surface area (Å²) in [7, 11) is 0. The average Bonchev–Trinajstić information content (AvgIpc) is 2.47. The molecule has 1 fully saturated rings. The van der Waals surface area contributed by atoms with Crippen molar-refractivity contribution in [3.8, 4) is 5.75 Å². The summed E-state index contributed by atoms with van der Waals surface area (Å²) < 4.78 is 0. The van der Waals surface area contributed by atoms with Crippen molar-refractivity contribution in [2.75, 3.05) is 30.0 Å². The molecule has 1 N–H and O–H groups in total. The number of thioether (sulfide) groups is 1. The summed E-state index contributed by atoms with van der Waals surface area (Å²) in [6.45, 7) is 3.77. The molecule has 0 radical (unpaired) electrons. The molecule has 0 amide bonds. The average molecular weight is 310 g/mol. The van der Waals surface area contributed by atoms with Gasteiger partial charge in [-0.05, 0) is 49.7 Å². The van der Waals surface area contributed by atoms with E-state index in [1.54, 1.807) is 0 Å². The molecule has 0 atom stereocenters. The first-order valence-corrected chi connectivity index (χ1v) is 8.64. The van der Waals surface area contributed by atoms with Crippen molar-refractivity contribution in [2.24, 2.45) is 5.92 Å². The van der Waals surface area contributed by atoms with E-state index in [9.17, 15) is 15.2 Å². The van der Waals surface area contributed by atoms with Gasteiger partial charge in [0.25, 0.3) is 0 Å². The molecule has 21 heavy (non-hydrogen) atoms. The van der Waals surface area contributed by atoms with Gasteiger partial charge in [-0.1, -0.05) is 0 Å². The SMILES string of the molecule is CSCCC1CCN(c2cc(O)c([N+](=O)[O-])cc2C)CC1. The van der Waals surface area contributed by atoms with E-state index >= 15 is 0 Å². The third kappa shape index (κ3) is 3.81. The second kappa shape index (κ2) is 7.02. The lowest BCUT2D eigenvalue weighted by Gasteiger charge is -2.34. The van der Waals surface area contributed by atoms with E-state index in [2.05, 4.69) is 11.2 Å². The van der Waals surface area contributed by atoms with Crippen molar-refractivity contribution < 1.29 is 10.0 Å². The van der Waals surface area contributed by atoms with Crippen LogP contribution in [0.25, 0.3) is 0 Å². The standard InChI is InChI=1S/C15H22N2O3S/c1-11-9-14(17(19)20)15(18)10-13(11)16-6-3-12(4-7-16)5-8-21-2/h9-10,12,18H,3-8H2,1-2H3. The van der Waals surface area contributed by atoms with Crippen LogP contribution in [0.5, 0.6) is 5.75 Å². The molecule has 0 unspecified atom stereocenters. The molecule has 0 aromatic heterocycles. The Morgan fingerprint density at radius 2 is 2.10 bits per heavy atom. The molecule has 0 spiro atoms. The highest BCUT2D eigenvalue weighted by Gasteiger charge is 2.23. The maximum atomic E-state index is 10.8. The van der Waals surface area contributed by atoms with Gasteiger partial charge in [0, 0.05) is 30.9 Å². The second-order valence-corrected chi connectivity index (χ2v) is 6.58. The summed E-state index contributed by atoms with van der Waals surface area (Å²) in [5.41, 5.74) is 1.55. The molecule has 0 bridgehead atoms. The Balaban J connectivity index is 2.07. The molecule has 1 heterocycles. The first-order valence-electron chi connectivity index (χ1n) is 7.24. The van der Waals surface area contributed by atoms with Gasteiger partial charge in [0.1, 0.15) is 0 Å². The van der Waals surface area contributed by atoms with Crippen LogP contribution in [0.15, 0.2) is 12.1 Å². The molecular weight excluding hydrogens is 288 g/mol. The van der Waals surface area contributed by atoms with E-state index in [1.807, 2.05) is 18.7 Å². The fourth-order valence-electron chi connectivity index (χ4n) is 2.90. The van der Waals surface area contributed by atoms with Crippen molar-refractivity contribution in [3.63, 3.8) is 0 Å². The molecule has 1 aromatic rings. The molecule has 1 aliphatic rings. The van der Waals surface area contributed by atoms with Crippen LogP contribution in [-0.4, -0.2) is 35.1 Å². The molecule has 6 heteroatoms. The van der Waals surface area contributed by atoms with Gasteiger partial charge in [0.15, 0.2) is 5.75 Å². The van der Waals surface area contributed by atoms with Crippen LogP contribution in [0.3, 0.4) is 0 Å². The van der Waals surface area contributed by atoms with Gasteiger partial charge in [-0.3, -0.25) is 10.1 Å². The number of aryl methyl sites for hydroxylation is 1. The van der Waals surface area contributed by atoms with Crippen molar-refractivity contribution in [2.45, 2.75) is 26.2 Å². The van der Waals surface area contributed by atoms with Crippen molar-refractivity contribution >= 4 is 23.1 Å². The number of nitrogens with zero attached hydrogens (tertiary/aromatic N) is 2. The van der Waals surface area contributed by atoms with Gasteiger partial charge >= 0.3 is 5.69 Å². The van der Waals surface area contributed by atoms with Crippen LogP contribution in [0.2, 0.25) is 0 Å². The number of benzene rings is 1. The normalized spacial score (nSPS) is 16.2. The first kappa shape index (κ1) is 15.9. The Hall–Kier alpha value is -1.43. The number of nitro benzene ring substituents is 1. The van der Waals surface area contributed by atoms with Crippen LogP contribution in [0.1, 0.15) is 24.8 Å². The first-order chi connectivity index (χ1) is 10.0. The number of phenols is 1. The summed E-state index contributed by atoms with van der Waals surface area (Å²) in [6.07, 6.45) is 5.70. The zero-order valence-electron chi connectivity index (χ0n) is 12.5. The fraction of sp³-hybridized carbons (Fsp3) is 0.600. The third-order valence-electron chi connectivity index (χ3n) is 4.18. The molecular formula is C15H22N2O3S. The Labute approximate surface area is 129 Å². The smallest absolute Gasteiger partial charge is 0.311 e. The maximum absolute atomic E-state index is 10.8. The van der Waals surface area contributed by atoms with Gasteiger partial charge in [0.05, 0.1) is 4.92 Å². The molecule has 1 saturated heterocycles. The molecule has 1 aromatic carbocycles. The van der Waals surface area contributed by atoms with Gasteiger partial charge in [-0.15, -0.1) is 0 Å². The number of hydrogen-bond acceptors (Lipinski definition) is 5. The molecule has 0 aliphatic carbocycles. The zero-order valence-corrected chi connectivity index (χ0v) is 13.4. The minimum Gasteiger partial charge on any atom is -0.502 e. The maximum Gasteiger partial charge on any atom is 0.311 e. The number of nitro groups is 1. The Morgan fingerprint density at radius 1 is 1.43 bits per heavy atom. The molecule has 116 valence electrons. The largest absolute Gasteiger partial charge is 0.502 e. The van der Waals surface area contributed by atoms with Crippen LogP contribution >= 0.6 is 11.8 Å². The number of rotatable bonds is 5. The number of aromatic hydroxyl groups is 1. The lowest BCUT2D eigenvalue weighted by atomic mass is 9.93. The summed E-state index contributed by atoms with van der Waals surface area (Å²) >= 11 is 1.89. The van der Waals surface area contributed by atoms with Gasteiger partial charge in [0.2, 0.25) is 0 Å².